The second-order valence-corrected chi connectivity index (χ2v) is 5.83. The topological polar surface area (TPSA) is 38.3 Å². The van der Waals surface area contributed by atoms with E-state index in [9.17, 15) is 4.79 Å². The number of aryl methyl sites for hydroxylation is 2. The Morgan fingerprint density at radius 3 is 2.50 bits per heavy atom. The molecule has 0 aliphatic heterocycles. The molecule has 2 rings (SSSR count). The Hall–Kier alpha value is -2.00. The quantitative estimate of drug-likeness (QED) is 0.897. The number of amides is 1. The number of hydrogen-bond donors (Lipinski definition) is 1. The van der Waals surface area contributed by atoms with Gasteiger partial charge in [0.15, 0.2) is 6.61 Å². The van der Waals surface area contributed by atoms with E-state index in [1.165, 1.54) is 11.1 Å². The molecule has 0 radical (unpaired) electrons. The Balaban J connectivity index is 1.89. The van der Waals surface area contributed by atoms with E-state index in [1.54, 1.807) is 24.3 Å². The molecule has 0 saturated carbocycles. The summed E-state index contributed by atoms with van der Waals surface area (Å²) in [6.07, 6.45) is 0. The van der Waals surface area contributed by atoms with E-state index >= 15 is 0 Å². The van der Waals surface area contributed by atoms with Gasteiger partial charge in [0.2, 0.25) is 0 Å². The minimum atomic E-state index is -0.151. The van der Waals surface area contributed by atoms with Crippen LogP contribution in [0.4, 0.5) is 0 Å². The molecule has 0 fully saturated rings. The van der Waals surface area contributed by atoms with Crippen LogP contribution in [0.25, 0.3) is 0 Å². The fourth-order valence-corrected chi connectivity index (χ4v) is 2.48. The first kappa shape index (κ1) is 16.4. The molecule has 1 amide bonds. The van der Waals surface area contributed by atoms with Crippen molar-refractivity contribution in [3.8, 4) is 5.75 Å². The third-order valence-electron chi connectivity index (χ3n) is 3.45. The van der Waals surface area contributed by atoms with Gasteiger partial charge in [0.25, 0.3) is 5.91 Å². The van der Waals surface area contributed by atoms with Crippen molar-refractivity contribution < 1.29 is 9.53 Å². The monoisotopic (exact) mass is 317 g/mol. The SMILES string of the molecule is Cc1ccc([C@H](C)NC(=O)COc2ccc(Cl)cc2)c(C)c1. The molecule has 4 heteroatoms. The molecule has 0 unspecified atom stereocenters. The van der Waals surface area contributed by atoms with E-state index in [0.717, 1.165) is 5.56 Å². The van der Waals surface area contributed by atoms with E-state index in [2.05, 4.69) is 37.4 Å². The minimum Gasteiger partial charge on any atom is -0.484 e. The van der Waals surface area contributed by atoms with Crippen LogP contribution >= 0.6 is 11.6 Å². The van der Waals surface area contributed by atoms with Gasteiger partial charge in [-0.05, 0) is 56.2 Å². The summed E-state index contributed by atoms with van der Waals surface area (Å²) < 4.78 is 5.44. The zero-order valence-electron chi connectivity index (χ0n) is 13.0. The highest BCUT2D eigenvalue weighted by molar-refractivity contribution is 6.30. The van der Waals surface area contributed by atoms with E-state index in [0.29, 0.717) is 10.8 Å². The molecule has 1 N–H and O–H groups in total. The first-order valence-electron chi connectivity index (χ1n) is 7.20. The van der Waals surface area contributed by atoms with Crippen LogP contribution in [0.5, 0.6) is 5.75 Å². The second kappa shape index (κ2) is 7.32. The van der Waals surface area contributed by atoms with E-state index in [4.69, 9.17) is 16.3 Å². The van der Waals surface area contributed by atoms with Crippen molar-refractivity contribution in [2.45, 2.75) is 26.8 Å². The Kier molecular flexibility index (Phi) is 5.45. The van der Waals surface area contributed by atoms with Crippen molar-refractivity contribution in [2.24, 2.45) is 0 Å². The predicted molar refractivity (Wildman–Crippen MR) is 89.4 cm³/mol. The molecule has 22 heavy (non-hydrogen) atoms. The molecule has 0 bridgehead atoms. The Labute approximate surface area is 136 Å². The summed E-state index contributed by atoms with van der Waals surface area (Å²) in [5, 5.41) is 3.59. The molecule has 116 valence electrons. The zero-order valence-corrected chi connectivity index (χ0v) is 13.8. The molecule has 0 spiro atoms. The molecule has 1 atom stereocenters. The molecular weight excluding hydrogens is 298 g/mol. The molecule has 0 saturated heterocycles. The first-order valence-corrected chi connectivity index (χ1v) is 7.58. The number of carbonyl (C=O) groups excluding carboxylic acids is 1. The van der Waals surface area contributed by atoms with Crippen molar-refractivity contribution in [1.29, 1.82) is 0 Å². The van der Waals surface area contributed by atoms with Gasteiger partial charge in [-0.15, -0.1) is 0 Å². The summed E-state index contributed by atoms with van der Waals surface area (Å²) >= 11 is 5.80. The van der Waals surface area contributed by atoms with Gasteiger partial charge in [0, 0.05) is 5.02 Å². The van der Waals surface area contributed by atoms with Gasteiger partial charge in [-0.2, -0.15) is 0 Å². The smallest absolute Gasteiger partial charge is 0.258 e. The number of nitrogens with one attached hydrogen (secondary N) is 1. The number of rotatable bonds is 5. The fraction of sp³-hybridized carbons (Fsp3) is 0.278. The van der Waals surface area contributed by atoms with Gasteiger partial charge in [0.1, 0.15) is 5.75 Å². The molecule has 0 aliphatic rings. The van der Waals surface area contributed by atoms with Crippen LogP contribution in [0.3, 0.4) is 0 Å². The van der Waals surface area contributed by atoms with Crippen LogP contribution < -0.4 is 10.1 Å². The third-order valence-corrected chi connectivity index (χ3v) is 3.70. The van der Waals surface area contributed by atoms with Crippen molar-refractivity contribution in [3.05, 3.63) is 64.2 Å². The molecule has 3 nitrogen and oxygen atoms in total. The maximum Gasteiger partial charge on any atom is 0.258 e. The normalized spacial score (nSPS) is 11.8. The van der Waals surface area contributed by atoms with Crippen LogP contribution in [-0.2, 0) is 4.79 Å². The summed E-state index contributed by atoms with van der Waals surface area (Å²) in [7, 11) is 0. The van der Waals surface area contributed by atoms with Crippen LogP contribution in [0.1, 0.15) is 29.7 Å². The van der Waals surface area contributed by atoms with Crippen molar-refractivity contribution in [3.63, 3.8) is 0 Å². The van der Waals surface area contributed by atoms with Crippen LogP contribution in [0, 0.1) is 13.8 Å². The standard InChI is InChI=1S/C18H20ClNO2/c1-12-4-9-17(13(2)10-12)14(3)20-18(21)11-22-16-7-5-15(19)6-8-16/h4-10,14H,11H2,1-3H3,(H,20,21)/t14-/m0/s1. The zero-order chi connectivity index (χ0) is 16.1. The lowest BCUT2D eigenvalue weighted by molar-refractivity contribution is -0.123. The molecule has 2 aromatic carbocycles. The molecule has 0 aliphatic carbocycles. The number of hydrogen-bond acceptors (Lipinski definition) is 2. The highest BCUT2D eigenvalue weighted by atomic mass is 35.5. The van der Waals surface area contributed by atoms with E-state index in [1.807, 2.05) is 6.92 Å². The molecular formula is C18H20ClNO2. The first-order chi connectivity index (χ1) is 10.5. The van der Waals surface area contributed by atoms with Gasteiger partial charge in [-0.1, -0.05) is 35.4 Å². The molecule has 2 aromatic rings. The number of halogens is 1. The van der Waals surface area contributed by atoms with E-state index in [-0.39, 0.29) is 18.6 Å². The predicted octanol–water partition coefficient (Wildman–Crippen LogP) is 4.21. The second-order valence-electron chi connectivity index (χ2n) is 5.39. The summed E-state index contributed by atoms with van der Waals surface area (Å²) in [5.41, 5.74) is 3.50. The number of ether oxygens (including phenoxy) is 1. The fourth-order valence-electron chi connectivity index (χ4n) is 2.35. The van der Waals surface area contributed by atoms with Crippen LogP contribution in [-0.4, -0.2) is 12.5 Å². The third kappa shape index (κ3) is 4.50. The summed E-state index contributed by atoms with van der Waals surface area (Å²) in [6.45, 7) is 6.06. The molecule has 0 aromatic heterocycles. The Morgan fingerprint density at radius 2 is 1.86 bits per heavy atom. The highest BCUT2D eigenvalue weighted by Crippen LogP contribution is 2.19. The van der Waals surface area contributed by atoms with Gasteiger partial charge in [0.05, 0.1) is 6.04 Å². The molecule has 0 heterocycles. The lowest BCUT2D eigenvalue weighted by atomic mass is 10.0. The lowest BCUT2D eigenvalue weighted by Gasteiger charge is -2.17. The Morgan fingerprint density at radius 1 is 1.18 bits per heavy atom. The van der Waals surface area contributed by atoms with Gasteiger partial charge in [-0.25, -0.2) is 0 Å². The highest BCUT2D eigenvalue weighted by Gasteiger charge is 2.12. The number of benzene rings is 2. The number of carbonyl (C=O) groups is 1. The maximum absolute atomic E-state index is 12.0. The Bertz CT molecular complexity index is 653. The average Bonchev–Trinajstić information content (AvgIpc) is 2.46. The average molecular weight is 318 g/mol. The van der Waals surface area contributed by atoms with Crippen LogP contribution in [0.15, 0.2) is 42.5 Å². The lowest BCUT2D eigenvalue weighted by Crippen LogP contribution is -2.31. The summed E-state index contributed by atoms with van der Waals surface area (Å²) in [4.78, 5) is 12.0. The summed E-state index contributed by atoms with van der Waals surface area (Å²) in [5.74, 6) is 0.473. The van der Waals surface area contributed by atoms with Crippen molar-refractivity contribution in [1.82, 2.24) is 5.32 Å². The van der Waals surface area contributed by atoms with Crippen molar-refractivity contribution in [2.75, 3.05) is 6.61 Å². The van der Waals surface area contributed by atoms with Crippen molar-refractivity contribution >= 4 is 17.5 Å². The van der Waals surface area contributed by atoms with E-state index < -0.39 is 0 Å². The maximum atomic E-state index is 12.0. The largest absolute Gasteiger partial charge is 0.484 e. The van der Waals surface area contributed by atoms with Gasteiger partial charge < -0.3 is 10.1 Å². The summed E-state index contributed by atoms with van der Waals surface area (Å²) in [6, 6.07) is 13.1. The minimum absolute atomic E-state index is 0.0170. The van der Waals surface area contributed by atoms with Crippen LogP contribution in [0.2, 0.25) is 5.02 Å². The van der Waals surface area contributed by atoms with Gasteiger partial charge in [-0.3, -0.25) is 4.79 Å². The van der Waals surface area contributed by atoms with Gasteiger partial charge >= 0.3 is 0 Å².